The Bertz CT molecular complexity index is 2170. The van der Waals surface area contributed by atoms with Gasteiger partial charge in [0.1, 0.15) is 11.6 Å². The molecule has 320 valence electrons. The van der Waals surface area contributed by atoms with Gasteiger partial charge in [-0.25, -0.2) is 18.7 Å². The van der Waals surface area contributed by atoms with Crippen LogP contribution in [0.15, 0.2) is 133 Å². The molecule has 7 nitrogen and oxygen atoms in total. The van der Waals surface area contributed by atoms with Crippen LogP contribution in [0.5, 0.6) is 0 Å². The minimum absolute atomic E-state index is 0.122. The van der Waals surface area contributed by atoms with Crippen molar-refractivity contribution in [2.75, 3.05) is 36.5 Å². The molecule has 4 aromatic rings. The van der Waals surface area contributed by atoms with Crippen molar-refractivity contribution in [1.29, 1.82) is 0 Å². The third-order valence-corrected chi connectivity index (χ3v) is 12.1. The lowest BCUT2D eigenvalue weighted by atomic mass is 9.95. The van der Waals surface area contributed by atoms with Crippen molar-refractivity contribution in [1.82, 2.24) is 20.6 Å². The average Bonchev–Trinajstić information content (AvgIpc) is 3.41. The van der Waals surface area contributed by atoms with Gasteiger partial charge in [-0.2, -0.15) is 0 Å². The van der Waals surface area contributed by atoms with Gasteiger partial charge in [0, 0.05) is 63.8 Å². The van der Waals surface area contributed by atoms with Crippen LogP contribution in [-0.4, -0.2) is 52.7 Å². The fourth-order valence-electron chi connectivity index (χ4n) is 6.30. The number of benzene rings is 3. The summed E-state index contributed by atoms with van der Waals surface area (Å²) in [5.74, 6) is 0.581. The highest BCUT2D eigenvalue weighted by Gasteiger charge is 2.25. The number of nitrogens with zero attached hydrogens (tertiary/aromatic N) is 3. The molecule has 3 aromatic carbocycles. The Morgan fingerprint density at radius 3 is 2.11 bits per heavy atom. The lowest BCUT2D eigenvalue weighted by molar-refractivity contribution is 0.0956. The first-order chi connectivity index (χ1) is 29.9. The van der Waals surface area contributed by atoms with E-state index < -0.39 is 11.6 Å². The maximum Gasteiger partial charge on any atom is 0.251 e. The first-order valence-corrected chi connectivity index (χ1v) is 23.8. The van der Waals surface area contributed by atoms with Crippen LogP contribution in [0.3, 0.4) is 0 Å². The number of fused-ring (bicyclic) bond motifs is 3. The second-order valence-corrected chi connectivity index (χ2v) is 17.2. The second-order valence-electron chi connectivity index (χ2n) is 14.1. The molecule has 1 aliphatic rings. The molecule has 1 amide bonds. The normalized spacial score (nSPS) is 12.8. The molecule has 0 spiro atoms. The molecule has 12 heteroatoms. The van der Waals surface area contributed by atoms with Gasteiger partial charge in [0.25, 0.3) is 5.91 Å². The fraction of sp³-hybridized carbons (Fsp3) is 0.306. The number of hydrogen-bond acceptors (Lipinski definition) is 8. The minimum atomic E-state index is -0.714. The van der Waals surface area contributed by atoms with Gasteiger partial charge in [-0.3, -0.25) is 9.79 Å². The van der Waals surface area contributed by atoms with Crippen LogP contribution in [0.1, 0.15) is 85.3 Å². The molecule has 3 N–H and O–H groups in total. The summed E-state index contributed by atoms with van der Waals surface area (Å²) in [4.78, 5) is 26.6. The van der Waals surface area contributed by atoms with E-state index in [0.717, 1.165) is 63.1 Å². The number of hydrogen-bond donors (Lipinski definition) is 3. The predicted molar refractivity (Wildman–Crippen MR) is 256 cm³/mol. The number of rotatable bonds is 25. The lowest BCUT2D eigenvalue weighted by Gasteiger charge is -2.13. The summed E-state index contributed by atoms with van der Waals surface area (Å²) >= 11 is 6.35. The third-order valence-electron chi connectivity index (χ3n) is 9.42. The van der Waals surface area contributed by atoms with Gasteiger partial charge in [0.2, 0.25) is 5.95 Å². The molecule has 1 aromatic heterocycles. The van der Waals surface area contributed by atoms with Crippen molar-refractivity contribution in [3.05, 3.63) is 167 Å². The Morgan fingerprint density at radius 1 is 0.770 bits per heavy atom. The number of allylic oxidation sites excluding steroid dienone is 10. The molecule has 0 unspecified atom stereocenters. The Morgan fingerprint density at radius 2 is 1.43 bits per heavy atom. The molecular formula is C49H55ClF2N6OS2. The van der Waals surface area contributed by atoms with E-state index in [1.807, 2.05) is 10.8 Å². The number of halogens is 3. The second kappa shape index (κ2) is 27.2. The van der Waals surface area contributed by atoms with Gasteiger partial charge in [0.15, 0.2) is 0 Å². The van der Waals surface area contributed by atoms with E-state index in [1.54, 1.807) is 59.5 Å². The first kappa shape index (κ1) is 47.2. The maximum absolute atomic E-state index is 14.9. The highest BCUT2D eigenvalue weighted by Crippen LogP contribution is 2.35. The van der Waals surface area contributed by atoms with Crippen molar-refractivity contribution in [2.45, 2.75) is 64.8 Å². The first-order valence-electron chi connectivity index (χ1n) is 20.9. The highest BCUT2D eigenvalue weighted by molar-refractivity contribution is 8.76. The summed E-state index contributed by atoms with van der Waals surface area (Å²) in [6, 6.07) is 15.9. The Labute approximate surface area is 372 Å². The molecule has 61 heavy (non-hydrogen) atoms. The summed E-state index contributed by atoms with van der Waals surface area (Å²) in [5, 5.41) is 10.1. The number of unbranched alkanes of at least 4 members (excludes halogenated alkanes) is 2. The summed E-state index contributed by atoms with van der Waals surface area (Å²) in [5.41, 5.74) is 3.56. The largest absolute Gasteiger partial charge is 0.351 e. The highest BCUT2D eigenvalue weighted by atomic mass is 35.5. The molecule has 0 aliphatic carbocycles. The smallest absolute Gasteiger partial charge is 0.251 e. The molecule has 0 bridgehead atoms. The summed E-state index contributed by atoms with van der Waals surface area (Å²) in [7, 11) is 3.58. The van der Waals surface area contributed by atoms with E-state index in [9.17, 15) is 13.6 Å². The zero-order chi connectivity index (χ0) is 42.9. The number of anilines is 2. The van der Waals surface area contributed by atoms with Gasteiger partial charge in [0.05, 0.1) is 23.5 Å². The van der Waals surface area contributed by atoms with Crippen LogP contribution < -0.4 is 16.0 Å². The van der Waals surface area contributed by atoms with Crippen molar-refractivity contribution in [3.8, 4) is 11.3 Å². The van der Waals surface area contributed by atoms with Gasteiger partial charge < -0.3 is 16.0 Å². The van der Waals surface area contributed by atoms with Crippen LogP contribution in [-0.2, 0) is 6.54 Å². The number of nitrogens with one attached hydrogen (secondary N) is 3. The molecule has 5 rings (SSSR count). The van der Waals surface area contributed by atoms with E-state index in [2.05, 4.69) is 93.6 Å². The van der Waals surface area contributed by atoms with Crippen molar-refractivity contribution < 1.29 is 13.6 Å². The fourth-order valence-corrected chi connectivity index (χ4v) is 8.33. The lowest BCUT2D eigenvalue weighted by Crippen LogP contribution is -2.25. The average molecular weight is 882 g/mol. The Balaban J connectivity index is 0.921. The molecule has 0 atom stereocenters. The number of carbonyl (C=O) groups is 1. The molecule has 0 radical (unpaired) electrons. The molecule has 0 saturated carbocycles. The molecule has 1 aliphatic heterocycles. The van der Waals surface area contributed by atoms with Crippen molar-refractivity contribution >= 4 is 56.4 Å². The zero-order valence-electron chi connectivity index (χ0n) is 34.7. The van der Waals surface area contributed by atoms with E-state index >= 15 is 0 Å². The van der Waals surface area contributed by atoms with Crippen LogP contribution in [0.2, 0.25) is 5.02 Å². The predicted octanol–water partition coefficient (Wildman–Crippen LogP) is 12.8. The Kier molecular flexibility index (Phi) is 21.1. The van der Waals surface area contributed by atoms with Crippen LogP contribution >= 0.6 is 33.2 Å². The van der Waals surface area contributed by atoms with E-state index in [-0.39, 0.29) is 23.7 Å². The number of amides is 1. The van der Waals surface area contributed by atoms with Gasteiger partial charge >= 0.3 is 0 Å². The van der Waals surface area contributed by atoms with E-state index in [1.165, 1.54) is 31.0 Å². The molecule has 2 heterocycles. The van der Waals surface area contributed by atoms with Crippen LogP contribution in [0.25, 0.3) is 11.3 Å². The molecular weight excluding hydrogens is 826 g/mol. The quantitative estimate of drug-likeness (QED) is 0.0347. The number of aromatic nitrogens is 2. The maximum atomic E-state index is 14.9. The SMILES string of the molecule is CC/C=C\CC=CCC=CC/C=C\C/C=C\CCCCNCCSSCCNC(=O)c1ccc(Nc2ncc3c(n2)-c2ccc(Cl)cc2C(c2c(F)cccc2F)=NC3)cc1. The Hall–Kier alpha value is -4.81. The van der Waals surface area contributed by atoms with Crippen molar-refractivity contribution in [3.63, 3.8) is 0 Å². The van der Waals surface area contributed by atoms with Crippen molar-refractivity contribution in [2.24, 2.45) is 4.99 Å². The van der Waals surface area contributed by atoms with Gasteiger partial charge in [-0.05, 0) is 106 Å². The van der Waals surface area contributed by atoms with Crippen LogP contribution in [0.4, 0.5) is 20.4 Å². The molecule has 0 saturated heterocycles. The van der Waals surface area contributed by atoms with Gasteiger partial charge in [-0.1, -0.05) is 113 Å². The summed E-state index contributed by atoms with van der Waals surface area (Å²) in [6.07, 6.45) is 32.6. The third kappa shape index (κ3) is 16.2. The zero-order valence-corrected chi connectivity index (χ0v) is 37.1. The number of carbonyl (C=O) groups excluding carboxylic acids is 1. The topological polar surface area (TPSA) is 91.3 Å². The van der Waals surface area contributed by atoms with Crippen LogP contribution in [0, 0.1) is 11.6 Å². The standard InChI is InChI=1S/C49H55ClF2N6OS2/c1-2-3-4-5-6-7-8-9-10-11-12-13-14-15-16-17-18-19-29-53-30-32-60-61-33-31-54-48(59)37-23-26-40(27-24-37)57-49-56-36-38-35-55-47(45-43(51)21-20-22-44(45)52)42-34-39(50)25-28-41(42)46(38)58-49/h3-4,6-7,9-10,12-13,15-16,20-28,34,36,53H,2,5,8,11,14,17-19,29-33,35H2,1H3,(H,54,59)(H,56,57,58)/b4-3-,7-6?,10-9?,13-12-,16-15-. The summed E-state index contributed by atoms with van der Waals surface area (Å²) in [6.45, 7) is 4.85. The van der Waals surface area contributed by atoms with Gasteiger partial charge in [-0.15, -0.1) is 0 Å². The van der Waals surface area contributed by atoms with E-state index in [0.29, 0.717) is 51.2 Å². The minimum Gasteiger partial charge on any atom is -0.351 e. The number of aliphatic imine (C=N–C) groups is 1. The van der Waals surface area contributed by atoms with E-state index in [4.69, 9.17) is 16.6 Å². The monoisotopic (exact) mass is 880 g/mol. The summed E-state index contributed by atoms with van der Waals surface area (Å²) < 4.78 is 29.8. The molecule has 0 fully saturated rings.